The van der Waals surface area contributed by atoms with Gasteiger partial charge in [-0.3, -0.25) is 0 Å². The minimum atomic E-state index is -1.82. The molecule has 3 N–H and O–H groups in total. The highest BCUT2D eigenvalue weighted by atomic mass is 35.5. The molecule has 0 bridgehead atoms. The van der Waals surface area contributed by atoms with E-state index in [9.17, 15) is 4.39 Å². The number of carboxylic acids is 2. The van der Waals surface area contributed by atoms with Gasteiger partial charge in [0.2, 0.25) is 0 Å². The van der Waals surface area contributed by atoms with Gasteiger partial charge in [-0.1, -0.05) is 17.7 Å². The number of benzene rings is 1. The van der Waals surface area contributed by atoms with Crippen LogP contribution in [0.2, 0.25) is 5.02 Å². The lowest BCUT2D eigenvalue weighted by molar-refractivity contribution is -0.159. The predicted octanol–water partition coefficient (Wildman–Crippen LogP) is 1.90. The monoisotopic (exact) mass is 333 g/mol. The summed E-state index contributed by atoms with van der Waals surface area (Å²) < 4.78 is 18.9. The van der Waals surface area contributed by atoms with Crippen LogP contribution in [-0.2, 0) is 20.9 Å². The number of aliphatic carboxylic acids is 2. The highest BCUT2D eigenvalue weighted by molar-refractivity contribution is 6.31. The van der Waals surface area contributed by atoms with Gasteiger partial charge in [0.1, 0.15) is 5.82 Å². The van der Waals surface area contributed by atoms with E-state index in [1.54, 1.807) is 12.1 Å². The van der Waals surface area contributed by atoms with E-state index in [-0.39, 0.29) is 11.9 Å². The molecule has 1 aromatic rings. The van der Waals surface area contributed by atoms with E-state index in [0.29, 0.717) is 17.1 Å². The Morgan fingerprint density at radius 3 is 2.55 bits per heavy atom. The van der Waals surface area contributed by atoms with Gasteiger partial charge < -0.3 is 20.3 Å². The molecule has 122 valence electrons. The first-order chi connectivity index (χ1) is 10.4. The molecule has 1 atom stereocenters. The Bertz CT molecular complexity index is 488. The van der Waals surface area contributed by atoms with Crippen LogP contribution in [-0.4, -0.2) is 41.4 Å². The number of hydrogen-bond acceptors (Lipinski definition) is 4. The summed E-state index contributed by atoms with van der Waals surface area (Å²) in [5, 5.41) is 18.4. The van der Waals surface area contributed by atoms with Crippen LogP contribution in [0.5, 0.6) is 0 Å². The normalized spacial score (nSPS) is 16.7. The van der Waals surface area contributed by atoms with Crippen molar-refractivity contribution in [1.29, 1.82) is 0 Å². The number of carboxylic acid groups (broad SMARTS) is 2. The van der Waals surface area contributed by atoms with E-state index in [4.69, 9.17) is 36.1 Å². The zero-order valence-corrected chi connectivity index (χ0v) is 12.5. The maximum absolute atomic E-state index is 13.4. The topological polar surface area (TPSA) is 95.9 Å². The maximum atomic E-state index is 13.4. The molecule has 0 amide bonds. The van der Waals surface area contributed by atoms with Crippen LogP contribution >= 0.6 is 11.6 Å². The van der Waals surface area contributed by atoms with Crippen LogP contribution in [0.25, 0.3) is 0 Å². The molecule has 0 saturated carbocycles. The first-order valence-electron chi connectivity index (χ1n) is 6.63. The van der Waals surface area contributed by atoms with Gasteiger partial charge in [0, 0.05) is 30.3 Å². The van der Waals surface area contributed by atoms with Crippen molar-refractivity contribution in [2.45, 2.75) is 25.5 Å². The third-order valence-corrected chi connectivity index (χ3v) is 3.30. The van der Waals surface area contributed by atoms with E-state index in [2.05, 4.69) is 5.32 Å². The average Bonchev–Trinajstić information content (AvgIpc) is 2.96. The second-order valence-corrected chi connectivity index (χ2v) is 4.98. The summed E-state index contributed by atoms with van der Waals surface area (Å²) in [6.07, 6.45) is 2.47. The Balaban J connectivity index is 0.000000346. The summed E-state index contributed by atoms with van der Waals surface area (Å²) in [4.78, 5) is 18.2. The lowest BCUT2D eigenvalue weighted by Crippen LogP contribution is -2.26. The number of nitrogens with one attached hydrogen (secondary N) is 1. The van der Waals surface area contributed by atoms with E-state index in [0.717, 1.165) is 26.0 Å². The van der Waals surface area contributed by atoms with Gasteiger partial charge in [-0.05, 0) is 25.0 Å². The van der Waals surface area contributed by atoms with Crippen LogP contribution < -0.4 is 5.32 Å². The molecule has 1 aliphatic rings. The first kappa shape index (κ1) is 18.3. The largest absolute Gasteiger partial charge is 0.473 e. The summed E-state index contributed by atoms with van der Waals surface area (Å²) in [5.74, 6) is -3.91. The Kier molecular flexibility index (Phi) is 7.79. The SMILES string of the molecule is Fc1cccc(Cl)c1CNCC1CCCO1.O=C(O)C(=O)O. The summed E-state index contributed by atoms with van der Waals surface area (Å²) in [7, 11) is 0. The van der Waals surface area contributed by atoms with Crippen molar-refractivity contribution in [1.82, 2.24) is 5.32 Å². The molecular weight excluding hydrogens is 317 g/mol. The molecule has 1 aromatic carbocycles. The van der Waals surface area contributed by atoms with Crippen molar-refractivity contribution in [2.24, 2.45) is 0 Å². The van der Waals surface area contributed by atoms with Gasteiger partial charge in [0.25, 0.3) is 0 Å². The lowest BCUT2D eigenvalue weighted by atomic mass is 10.2. The standard InChI is InChI=1S/C12H15ClFNO.C2H2O4/c13-11-4-1-5-12(14)10(11)8-15-7-9-3-2-6-16-9;3-1(4)2(5)6/h1,4-5,9,15H,2-3,6-8H2;(H,3,4)(H,5,6). The molecule has 1 fully saturated rings. The van der Waals surface area contributed by atoms with Crippen molar-refractivity contribution in [2.75, 3.05) is 13.2 Å². The second kappa shape index (κ2) is 9.34. The molecule has 6 nitrogen and oxygen atoms in total. The third kappa shape index (κ3) is 6.38. The molecule has 1 heterocycles. The summed E-state index contributed by atoms with van der Waals surface area (Å²) in [6.45, 7) is 2.04. The molecule has 1 saturated heterocycles. The number of carbonyl (C=O) groups is 2. The second-order valence-electron chi connectivity index (χ2n) is 4.58. The zero-order valence-electron chi connectivity index (χ0n) is 11.7. The van der Waals surface area contributed by atoms with Gasteiger partial charge in [0.15, 0.2) is 0 Å². The highest BCUT2D eigenvalue weighted by Gasteiger charge is 2.15. The van der Waals surface area contributed by atoms with Crippen molar-refractivity contribution in [3.63, 3.8) is 0 Å². The Morgan fingerprint density at radius 2 is 2.05 bits per heavy atom. The fraction of sp³-hybridized carbons (Fsp3) is 0.429. The summed E-state index contributed by atoms with van der Waals surface area (Å²) >= 11 is 5.91. The molecule has 0 aliphatic carbocycles. The van der Waals surface area contributed by atoms with Gasteiger partial charge in [0.05, 0.1) is 6.10 Å². The molecule has 1 aliphatic heterocycles. The van der Waals surface area contributed by atoms with E-state index in [1.807, 2.05) is 0 Å². The molecule has 1 unspecified atom stereocenters. The maximum Gasteiger partial charge on any atom is 0.414 e. The minimum absolute atomic E-state index is 0.257. The smallest absolute Gasteiger partial charge is 0.414 e. The van der Waals surface area contributed by atoms with Crippen LogP contribution in [0, 0.1) is 5.82 Å². The third-order valence-electron chi connectivity index (χ3n) is 2.94. The zero-order chi connectivity index (χ0) is 16.5. The van der Waals surface area contributed by atoms with E-state index in [1.165, 1.54) is 6.07 Å². The van der Waals surface area contributed by atoms with E-state index < -0.39 is 11.9 Å². The van der Waals surface area contributed by atoms with Crippen molar-refractivity contribution >= 4 is 23.5 Å². The number of ether oxygens (including phenoxy) is 1. The number of halogens is 2. The Labute approximate surface area is 131 Å². The molecule has 0 spiro atoms. The quantitative estimate of drug-likeness (QED) is 0.728. The molecule has 2 rings (SSSR count). The van der Waals surface area contributed by atoms with Crippen LogP contribution in [0.15, 0.2) is 18.2 Å². The summed E-state index contributed by atoms with van der Waals surface area (Å²) in [6, 6.07) is 4.74. The predicted molar refractivity (Wildman–Crippen MR) is 77.4 cm³/mol. The van der Waals surface area contributed by atoms with E-state index >= 15 is 0 Å². The van der Waals surface area contributed by atoms with Gasteiger partial charge in [-0.2, -0.15) is 0 Å². The molecule has 8 heteroatoms. The van der Waals surface area contributed by atoms with Gasteiger partial charge in [-0.15, -0.1) is 0 Å². The highest BCUT2D eigenvalue weighted by Crippen LogP contribution is 2.18. The Hall–Kier alpha value is -1.70. The van der Waals surface area contributed by atoms with Crippen LogP contribution in [0.1, 0.15) is 18.4 Å². The van der Waals surface area contributed by atoms with Crippen LogP contribution in [0.4, 0.5) is 4.39 Å². The fourth-order valence-electron chi connectivity index (χ4n) is 1.86. The molecular formula is C14H17ClFNO5. The average molecular weight is 334 g/mol. The fourth-order valence-corrected chi connectivity index (χ4v) is 2.09. The molecule has 22 heavy (non-hydrogen) atoms. The first-order valence-corrected chi connectivity index (χ1v) is 7.01. The lowest BCUT2D eigenvalue weighted by Gasteiger charge is -2.11. The van der Waals surface area contributed by atoms with Gasteiger partial charge >= 0.3 is 11.9 Å². The summed E-state index contributed by atoms with van der Waals surface area (Å²) in [5.41, 5.74) is 0.530. The van der Waals surface area contributed by atoms with Crippen molar-refractivity contribution < 1.29 is 28.9 Å². The number of hydrogen-bond donors (Lipinski definition) is 3. The number of rotatable bonds is 4. The molecule has 0 aromatic heterocycles. The molecule has 0 radical (unpaired) electrons. The van der Waals surface area contributed by atoms with Gasteiger partial charge in [-0.25, -0.2) is 14.0 Å². The minimum Gasteiger partial charge on any atom is -0.473 e. The Morgan fingerprint density at radius 1 is 1.36 bits per heavy atom. The van der Waals surface area contributed by atoms with Crippen molar-refractivity contribution in [3.05, 3.63) is 34.6 Å². The van der Waals surface area contributed by atoms with Crippen LogP contribution in [0.3, 0.4) is 0 Å². The van der Waals surface area contributed by atoms with Crippen molar-refractivity contribution in [3.8, 4) is 0 Å².